The monoisotopic (exact) mass is 259 g/mol. The molecule has 3 heteroatoms. The molecule has 2 bridgehead atoms. The number of fused-ring (bicyclic) bond motifs is 2. The van der Waals surface area contributed by atoms with E-state index in [1.165, 1.54) is 19.3 Å². The smallest absolute Gasteiger partial charge is 0.223 e. The van der Waals surface area contributed by atoms with Gasteiger partial charge in [0.1, 0.15) is 0 Å². The van der Waals surface area contributed by atoms with Gasteiger partial charge in [-0.05, 0) is 42.2 Å². The van der Waals surface area contributed by atoms with Gasteiger partial charge in [0.05, 0.1) is 6.61 Å². The third-order valence-electron chi connectivity index (χ3n) is 4.75. The van der Waals surface area contributed by atoms with Crippen LogP contribution < -0.4 is 5.32 Å². The van der Waals surface area contributed by atoms with Gasteiger partial charge in [0.15, 0.2) is 0 Å². The number of benzene rings is 1. The number of hydrogen-bond acceptors (Lipinski definition) is 2. The van der Waals surface area contributed by atoms with E-state index in [0.29, 0.717) is 12.5 Å². The van der Waals surface area contributed by atoms with Crippen molar-refractivity contribution in [2.45, 2.75) is 38.8 Å². The van der Waals surface area contributed by atoms with E-state index in [-0.39, 0.29) is 18.4 Å². The molecule has 2 aliphatic carbocycles. The molecule has 0 spiro atoms. The second-order valence-corrected chi connectivity index (χ2v) is 5.97. The Balaban J connectivity index is 1.52. The number of nitrogens with one attached hydrogen (secondary N) is 1. The van der Waals surface area contributed by atoms with Crippen molar-refractivity contribution < 1.29 is 9.90 Å². The summed E-state index contributed by atoms with van der Waals surface area (Å²) in [6.45, 7) is 0.663. The average molecular weight is 259 g/mol. The quantitative estimate of drug-likeness (QED) is 0.871. The summed E-state index contributed by atoms with van der Waals surface area (Å²) < 4.78 is 0. The molecular formula is C16H21NO2. The molecule has 1 aromatic carbocycles. The molecule has 3 nitrogen and oxygen atoms in total. The van der Waals surface area contributed by atoms with E-state index in [4.69, 9.17) is 5.11 Å². The van der Waals surface area contributed by atoms with Gasteiger partial charge in [0.2, 0.25) is 5.91 Å². The molecule has 2 fully saturated rings. The summed E-state index contributed by atoms with van der Waals surface area (Å²) in [5.41, 5.74) is 2.00. The number of carbonyl (C=O) groups excluding carboxylic acids is 1. The highest BCUT2D eigenvalue weighted by Crippen LogP contribution is 2.48. The van der Waals surface area contributed by atoms with Crippen molar-refractivity contribution >= 4 is 5.91 Å². The van der Waals surface area contributed by atoms with Crippen molar-refractivity contribution in [3.63, 3.8) is 0 Å². The van der Waals surface area contributed by atoms with Crippen LogP contribution in [-0.4, -0.2) is 11.0 Å². The van der Waals surface area contributed by atoms with Gasteiger partial charge < -0.3 is 10.4 Å². The van der Waals surface area contributed by atoms with Crippen LogP contribution in [0.15, 0.2) is 24.3 Å². The van der Waals surface area contributed by atoms with Crippen LogP contribution in [0.25, 0.3) is 0 Å². The van der Waals surface area contributed by atoms with Crippen LogP contribution in [0.1, 0.15) is 36.8 Å². The fourth-order valence-corrected chi connectivity index (χ4v) is 3.65. The molecule has 0 radical (unpaired) electrons. The Morgan fingerprint density at radius 1 is 1.16 bits per heavy atom. The highest BCUT2D eigenvalue weighted by Gasteiger charge is 2.42. The lowest BCUT2D eigenvalue weighted by atomic mass is 9.88. The molecule has 1 aromatic rings. The average Bonchev–Trinajstić information content (AvgIpc) is 3.08. The summed E-state index contributed by atoms with van der Waals surface area (Å²) in [4.78, 5) is 12.2. The molecule has 0 saturated heterocycles. The Labute approximate surface area is 114 Å². The molecule has 102 valence electrons. The van der Waals surface area contributed by atoms with E-state index in [2.05, 4.69) is 5.32 Å². The first kappa shape index (κ1) is 12.7. The Hall–Kier alpha value is -1.35. The van der Waals surface area contributed by atoms with Crippen LogP contribution in [0.3, 0.4) is 0 Å². The molecule has 3 atom stereocenters. The maximum Gasteiger partial charge on any atom is 0.223 e. The molecule has 3 rings (SSSR count). The third-order valence-corrected chi connectivity index (χ3v) is 4.75. The van der Waals surface area contributed by atoms with Gasteiger partial charge in [-0.3, -0.25) is 4.79 Å². The number of hydrogen-bond donors (Lipinski definition) is 2. The largest absolute Gasteiger partial charge is 0.392 e. The van der Waals surface area contributed by atoms with Crippen molar-refractivity contribution in [2.24, 2.45) is 17.8 Å². The Morgan fingerprint density at radius 3 is 2.47 bits per heavy atom. The zero-order valence-corrected chi connectivity index (χ0v) is 11.1. The summed E-state index contributed by atoms with van der Waals surface area (Å²) >= 11 is 0. The van der Waals surface area contributed by atoms with Gasteiger partial charge in [-0.1, -0.05) is 30.7 Å². The van der Waals surface area contributed by atoms with Crippen LogP contribution in [0, 0.1) is 17.8 Å². The standard InChI is InChI=1S/C16H21NO2/c18-10-12-3-1-11(2-4-12)9-17-16(19)15-8-13-5-6-14(15)7-13/h1-4,13-15,18H,5-10H2,(H,17,19). The Morgan fingerprint density at radius 2 is 1.89 bits per heavy atom. The summed E-state index contributed by atoms with van der Waals surface area (Å²) in [6.07, 6.45) is 4.94. The van der Waals surface area contributed by atoms with Crippen LogP contribution in [-0.2, 0) is 17.9 Å². The first-order valence-corrected chi connectivity index (χ1v) is 7.22. The zero-order valence-electron chi connectivity index (χ0n) is 11.1. The van der Waals surface area contributed by atoms with Crippen LogP contribution >= 0.6 is 0 Å². The second-order valence-electron chi connectivity index (χ2n) is 5.97. The predicted octanol–water partition coefficient (Wildman–Crippen LogP) is 2.23. The van der Waals surface area contributed by atoms with Crippen molar-refractivity contribution in [2.75, 3.05) is 0 Å². The van der Waals surface area contributed by atoms with Crippen LogP contribution in [0.4, 0.5) is 0 Å². The Kier molecular flexibility index (Phi) is 3.56. The summed E-state index contributed by atoms with van der Waals surface area (Å²) in [7, 11) is 0. The van der Waals surface area contributed by atoms with Crippen molar-refractivity contribution in [3.05, 3.63) is 35.4 Å². The number of rotatable bonds is 4. The van der Waals surface area contributed by atoms with Crippen molar-refractivity contribution in [1.82, 2.24) is 5.32 Å². The zero-order chi connectivity index (χ0) is 13.2. The maximum atomic E-state index is 12.2. The minimum absolute atomic E-state index is 0.0672. The maximum absolute atomic E-state index is 12.2. The number of carbonyl (C=O) groups is 1. The molecule has 2 saturated carbocycles. The first-order valence-electron chi connectivity index (χ1n) is 7.22. The lowest BCUT2D eigenvalue weighted by Crippen LogP contribution is -2.33. The van der Waals surface area contributed by atoms with Gasteiger partial charge in [0.25, 0.3) is 0 Å². The summed E-state index contributed by atoms with van der Waals surface area (Å²) in [5.74, 6) is 1.94. The predicted molar refractivity (Wildman–Crippen MR) is 73.1 cm³/mol. The molecule has 0 aromatic heterocycles. The first-order chi connectivity index (χ1) is 9.26. The minimum Gasteiger partial charge on any atom is -0.392 e. The minimum atomic E-state index is 0.0672. The highest BCUT2D eigenvalue weighted by atomic mass is 16.3. The summed E-state index contributed by atoms with van der Waals surface area (Å²) in [5, 5.41) is 12.0. The number of aliphatic hydroxyl groups is 1. The lowest BCUT2D eigenvalue weighted by molar-refractivity contribution is -0.126. The number of aliphatic hydroxyl groups excluding tert-OH is 1. The van der Waals surface area contributed by atoms with Crippen LogP contribution in [0.2, 0.25) is 0 Å². The SMILES string of the molecule is O=C(NCc1ccc(CO)cc1)C1CC2CCC1C2. The lowest BCUT2D eigenvalue weighted by Gasteiger charge is -2.20. The summed E-state index contributed by atoms with van der Waals surface area (Å²) in [6, 6.07) is 7.73. The molecule has 2 aliphatic rings. The molecule has 3 unspecified atom stereocenters. The Bertz CT molecular complexity index is 454. The van der Waals surface area contributed by atoms with Gasteiger partial charge in [0, 0.05) is 12.5 Å². The van der Waals surface area contributed by atoms with E-state index in [1.54, 1.807) is 0 Å². The van der Waals surface area contributed by atoms with E-state index < -0.39 is 0 Å². The number of amides is 1. The second kappa shape index (κ2) is 5.33. The third kappa shape index (κ3) is 2.66. The topological polar surface area (TPSA) is 49.3 Å². The molecule has 2 N–H and O–H groups in total. The molecular weight excluding hydrogens is 238 g/mol. The van der Waals surface area contributed by atoms with Gasteiger partial charge in [-0.25, -0.2) is 0 Å². The molecule has 0 aliphatic heterocycles. The fraction of sp³-hybridized carbons (Fsp3) is 0.562. The van der Waals surface area contributed by atoms with Crippen molar-refractivity contribution in [3.8, 4) is 0 Å². The van der Waals surface area contributed by atoms with Crippen LogP contribution in [0.5, 0.6) is 0 Å². The molecule has 0 heterocycles. The van der Waals surface area contributed by atoms with Crippen molar-refractivity contribution in [1.29, 1.82) is 0 Å². The van der Waals surface area contributed by atoms with Gasteiger partial charge in [-0.2, -0.15) is 0 Å². The van der Waals surface area contributed by atoms with E-state index >= 15 is 0 Å². The highest BCUT2D eigenvalue weighted by molar-refractivity contribution is 5.79. The van der Waals surface area contributed by atoms with E-state index in [9.17, 15) is 4.79 Å². The fourth-order valence-electron chi connectivity index (χ4n) is 3.65. The molecule has 1 amide bonds. The van der Waals surface area contributed by atoms with E-state index in [0.717, 1.165) is 23.5 Å². The molecule has 19 heavy (non-hydrogen) atoms. The normalized spacial score (nSPS) is 28.6. The van der Waals surface area contributed by atoms with Gasteiger partial charge in [-0.15, -0.1) is 0 Å². The van der Waals surface area contributed by atoms with Gasteiger partial charge >= 0.3 is 0 Å². The van der Waals surface area contributed by atoms with E-state index in [1.807, 2.05) is 24.3 Å².